The summed E-state index contributed by atoms with van der Waals surface area (Å²) in [5.74, 6) is -2.01. The van der Waals surface area contributed by atoms with Gasteiger partial charge in [-0.1, -0.05) is 57.7 Å². The fourth-order valence-electron chi connectivity index (χ4n) is 8.15. The first-order valence-corrected chi connectivity index (χ1v) is 14.1. The SMILES string of the molecule is C=CC1OC2C3=C(C)C(O)CC(O)(C(OC(=O)c4ccccc4)C4C(C)(C=CC5OCC54OC(C)=O)C2O1)C3(C)C. The van der Waals surface area contributed by atoms with Crippen LogP contribution in [0, 0.1) is 16.7 Å². The molecule has 10 unspecified atom stereocenters. The van der Waals surface area contributed by atoms with Crippen LogP contribution in [0.2, 0.25) is 0 Å². The molecule has 0 radical (unpaired) electrons. The average molecular weight is 567 g/mol. The maximum Gasteiger partial charge on any atom is 0.338 e. The third kappa shape index (κ3) is 3.79. The summed E-state index contributed by atoms with van der Waals surface area (Å²) in [5.41, 5.74) is -3.47. The minimum atomic E-state index is -1.81. The number of carbonyl (C=O) groups is 2. The Hall–Kier alpha value is -2.82. The molecule has 9 nitrogen and oxygen atoms in total. The minimum absolute atomic E-state index is 0.0329. The van der Waals surface area contributed by atoms with Crippen LogP contribution < -0.4 is 0 Å². The van der Waals surface area contributed by atoms with E-state index >= 15 is 0 Å². The second-order valence-corrected chi connectivity index (χ2v) is 12.8. The number of esters is 2. The van der Waals surface area contributed by atoms with Crippen molar-refractivity contribution in [2.45, 2.75) is 89.1 Å². The van der Waals surface area contributed by atoms with Crippen molar-refractivity contribution in [1.29, 1.82) is 0 Å². The summed E-state index contributed by atoms with van der Waals surface area (Å²) in [5, 5.41) is 24.4. The Kier molecular flexibility index (Phi) is 6.45. The Balaban J connectivity index is 1.64. The zero-order chi connectivity index (χ0) is 29.5. The van der Waals surface area contributed by atoms with Crippen LogP contribution in [-0.4, -0.2) is 76.8 Å². The maximum absolute atomic E-state index is 13.8. The van der Waals surface area contributed by atoms with Gasteiger partial charge in [-0.3, -0.25) is 4.79 Å². The summed E-state index contributed by atoms with van der Waals surface area (Å²) in [6.45, 7) is 12.8. The largest absolute Gasteiger partial charge is 0.455 e. The standard InChI is InChI=1S/C32H38O9/c1-7-22-38-24-23-17(2)20(34)15-32(36,29(23,4)5)27(40-28(35)19-11-9-8-10-12-19)25-30(6,26(24)39-22)14-13-21-31(25,16-37-21)41-18(3)33/h7-14,20-22,24-27,34,36H,1,15-16H2,2-6H3. The van der Waals surface area contributed by atoms with Crippen LogP contribution in [0.25, 0.3) is 0 Å². The molecule has 5 aliphatic rings. The third-order valence-corrected chi connectivity index (χ3v) is 10.3. The van der Waals surface area contributed by atoms with Gasteiger partial charge in [0.05, 0.1) is 24.2 Å². The van der Waals surface area contributed by atoms with Gasteiger partial charge in [0.25, 0.3) is 0 Å². The predicted molar refractivity (Wildman–Crippen MR) is 146 cm³/mol. The van der Waals surface area contributed by atoms with Crippen molar-refractivity contribution in [1.82, 2.24) is 0 Å². The predicted octanol–water partition coefficient (Wildman–Crippen LogP) is 3.25. The summed E-state index contributed by atoms with van der Waals surface area (Å²) in [6, 6.07) is 8.54. The molecule has 2 aliphatic heterocycles. The van der Waals surface area contributed by atoms with Gasteiger partial charge in [0.2, 0.25) is 0 Å². The Morgan fingerprint density at radius 1 is 1.15 bits per heavy atom. The number of benzene rings is 1. The third-order valence-electron chi connectivity index (χ3n) is 10.3. The van der Waals surface area contributed by atoms with Crippen molar-refractivity contribution in [2.75, 3.05) is 6.61 Å². The molecule has 10 atom stereocenters. The smallest absolute Gasteiger partial charge is 0.338 e. The Morgan fingerprint density at radius 2 is 1.85 bits per heavy atom. The molecule has 2 heterocycles. The number of aliphatic hydroxyl groups excluding tert-OH is 1. The molecule has 3 fully saturated rings. The van der Waals surface area contributed by atoms with Gasteiger partial charge in [-0.05, 0) is 36.3 Å². The molecular formula is C32H38O9. The zero-order valence-corrected chi connectivity index (χ0v) is 24.0. The number of rotatable bonds is 4. The van der Waals surface area contributed by atoms with Crippen molar-refractivity contribution in [3.05, 3.63) is 71.8 Å². The summed E-state index contributed by atoms with van der Waals surface area (Å²) in [7, 11) is 0. The number of hydrogen-bond donors (Lipinski definition) is 2. The van der Waals surface area contributed by atoms with E-state index in [-0.39, 0.29) is 13.0 Å². The molecule has 1 aromatic rings. The molecule has 220 valence electrons. The molecule has 6 rings (SSSR count). The molecule has 41 heavy (non-hydrogen) atoms. The van der Waals surface area contributed by atoms with E-state index in [1.807, 2.05) is 39.8 Å². The highest BCUT2D eigenvalue weighted by atomic mass is 16.7. The second kappa shape index (κ2) is 9.34. The van der Waals surface area contributed by atoms with Crippen molar-refractivity contribution < 1.29 is 43.5 Å². The van der Waals surface area contributed by atoms with Crippen molar-refractivity contribution in [3.8, 4) is 0 Å². The molecule has 1 saturated carbocycles. The lowest BCUT2D eigenvalue weighted by molar-refractivity contribution is -0.316. The first kappa shape index (κ1) is 28.3. The Labute approximate surface area is 239 Å². The highest BCUT2D eigenvalue weighted by molar-refractivity contribution is 5.89. The fraction of sp³-hybridized carbons (Fsp3) is 0.562. The maximum atomic E-state index is 13.8. The number of ether oxygens (including phenoxy) is 5. The van der Waals surface area contributed by atoms with Crippen molar-refractivity contribution >= 4 is 11.9 Å². The molecular weight excluding hydrogens is 528 g/mol. The van der Waals surface area contributed by atoms with Gasteiger partial charge in [-0.25, -0.2) is 4.79 Å². The minimum Gasteiger partial charge on any atom is -0.455 e. The van der Waals surface area contributed by atoms with Crippen molar-refractivity contribution in [2.24, 2.45) is 16.7 Å². The number of aliphatic hydroxyl groups is 2. The Morgan fingerprint density at radius 3 is 2.46 bits per heavy atom. The Bertz CT molecular complexity index is 1330. The van der Waals surface area contributed by atoms with Crippen LogP contribution in [-0.2, 0) is 28.5 Å². The number of carbonyl (C=O) groups excluding carboxylic acids is 2. The van der Waals surface area contributed by atoms with E-state index in [0.717, 1.165) is 0 Å². The summed E-state index contributed by atoms with van der Waals surface area (Å²) in [6.07, 6.45) is 0.216. The van der Waals surface area contributed by atoms with Crippen LogP contribution in [0.1, 0.15) is 51.4 Å². The number of fused-ring (bicyclic) bond motifs is 8. The summed E-state index contributed by atoms with van der Waals surface area (Å²) < 4.78 is 31.3. The lowest BCUT2D eigenvalue weighted by Gasteiger charge is -2.66. The quantitative estimate of drug-likeness (QED) is 0.418. The highest BCUT2D eigenvalue weighted by Gasteiger charge is 2.76. The molecule has 0 aromatic heterocycles. The molecule has 2 bridgehead atoms. The van der Waals surface area contributed by atoms with Crippen LogP contribution in [0.4, 0.5) is 0 Å². The van der Waals surface area contributed by atoms with Gasteiger partial charge in [0.15, 0.2) is 11.9 Å². The molecule has 0 amide bonds. The van der Waals surface area contributed by atoms with E-state index in [2.05, 4.69) is 6.58 Å². The van der Waals surface area contributed by atoms with E-state index in [1.54, 1.807) is 36.4 Å². The normalized spacial score (nSPS) is 43.8. The van der Waals surface area contributed by atoms with Crippen LogP contribution >= 0.6 is 0 Å². The summed E-state index contributed by atoms with van der Waals surface area (Å²) in [4.78, 5) is 26.4. The zero-order valence-electron chi connectivity index (χ0n) is 24.0. The highest BCUT2D eigenvalue weighted by Crippen LogP contribution is 2.65. The first-order chi connectivity index (χ1) is 19.3. The van der Waals surface area contributed by atoms with E-state index in [4.69, 9.17) is 23.7 Å². The van der Waals surface area contributed by atoms with E-state index < -0.39 is 76.7 Å². The lowest BCUT2D eigenvalue weighted by atomic mass is 9.46. The van der Waals surface area contributed by atoms with Crippen LogP contribution in [0.15, 0.2) is 66.3 Å². The monoisotopic (exact) mass is 566 g/mol. The molecule has 2 N–H and O–H groups in total. The molecule has 1 aromatic carbocycles. The van der Waals surface area contributed by atoms with E-state index in [1.165, 1.54) is 6.92 Å². The van der Waals surface area contributed by atoms with Gasteiger partial charge < -0.3 is 33.9 Å². The topological polar surface area (TPSA) is 121 Å². The van der Waals surface area contributed by atoms with Crippen LogP contribution in [0.3, 0.4) is 0 Å². The van der Waals surface area contributed by atoms with Gasteiger partial charge >= 0.3 is 11.9 Å². The first-order valence-electron chi connectivity index (χ1n) is 14.1. The van der Waals surface area contributed by atoms with Gasteiger partial charge in [-0.15, -0.1) is 0 Å². The molecule has 3 aliphatic carbocycles. The van der Waals surface area contributed by atoms with Gasteiger partial charge in [-0.2, -0.15) is 0 Å². The van der Waals surface area contributed by atoms with Crippen LogP contribution in [0.5, 0.6) is 0 Å². The molecule has 2 saturated heterocycles. The van der Waals surface area contributed by atoms with Gasteiger partial charge in [0.1, 0.15) is 30.0 Å². The van der Waals surface area contributed by atoms with E-state index in [0.29, 0.717) is 16.7 Å². The molecule has 9 heteroatoms. The average Bonchev–Trinajstić information content (AvgIpc) is 3.34. The van der Waals surface area contributed by atoms with Crippen molar-refractivity contribution in [3.63, 3.8) is 0 Å². The molecule has 0 spiro atoms. The number of hydrogen-bond acceptors (Lipinski definition) is 9. The lowest BCUT2D eigenvalue weighted by Crippen LogP contribution is -2.78. The van der Waals surface area contributed by atoms with Gasteiger partial charge in [0, 0.05) is 24.2 Å². The van der Waals surface area contributed by atoms with E-state index in [9.17, 15) is 19.8 Å². The second-order valence-electron chi connectivity index (χ2n) is 12.8. The fourth-order valence-corrected chi connectivity index (χ4v) is 8.15. The summed E-state index contributed by atoms with van der Waals surface area (Å²) >= 11 is 0.